The smallest absolute Gasteiger partial charge is 1.00 e. The van der Waals surface area contributed by atoms with Crippen molar-refractivity contribution in [3.63, 3.8) is 0 Å². The van der Waals surface area contributed by atoms with Crippen molar-refractivity contribution >= 4 is 47.1 Å². The van der Waals surface area contributed by atoms with Crippen LogP contribution in [0.3, 0.4) is 0 Å². The summed E-state index contributed by atoms with van der Waals surface area (Å²) in [5.41, 5.74) is -0.597. The number of nitrogens with zero attached hydrogens (tertiary/aromatic N) is 4. The molecule has 0 aromatic carbocycles. The second-order valence-corrected chi connectivity index (χ2v) is 5.91. The minimum absolute atomic E-state index is 0. The van der Waals surface area contributed by atoms with Gasteiger partial charge >= 0.3 is 59.1 Å². The van der Waals surface area contributed by atoms with Gasteiger partial charge in [-0.05, 0) is 23.2 Å². The van der Waals surface area contributed by atoms with Gasteiger partial charge in [-0.1, -0.05) is 0 Å². The second-order valence-electron chi connectivity index (χ2n) is 5.21. The zero-order chi connectivity index (χ0) is 22.6. The molecule has 1 aromatic rings. The third kappa shape index (κ3) is 17.1. The topological polar surface area (TPSA) is 214 Å². The molecule has 0 aliphatic rings. The Morgan fingerprint density at radius 3 is 1.37 bits per heavy atom. The quantitative estimate of drug-likeness (QED) is 0.188. The van der Waals surface area contributed by atoms with Gasteiger partial charge in [0.25, 0.3) is 0 Å². The zero-order valence-corrected chi connectivity index (χ0v) is 19.1. The van der Waals surface area contributed by atoms with E-state index in [0.717, 1.165) is 9.80 Å². The van der Waals surface area contributed by atoms with E-state index in [9.17, 15) is 24.0 Å². The number of aromatic nitrogens is 3. The van der Waals surface area contributed by atoms with Crippen molar-refractivity contribution in [2.45, 2.75) is 0 Å². The first-order valence-corrected chi connectivity index (χ1v) is 8.25. The summed E-state index contributed by atoms with van der Waals surface area (Å²) in [6.45, 7) is -2.25. The summed E-state index contributed by atoms with van der Waals surface area (Å²) in [6, 6.07) is 0. The summed E-state index contributed by atoms with van der Waals surface area (Å²) in [4.78, 5) is 63.4. The number of carbonyl (C=O) groups is 4. The van der Waals surface area contributed by atoms with Crippen LogP contribution in [0.5, 0.6) is 0 Å². The molecule has 0 atom stereocenters. The molecular weight excluding hydrogens is 464 g/mol. The molecule has 0 spiro atoms. The first kappa shape index (κ1) is 30.4. The van der Waals surface area contributed by atoms with Gasteiger partial charge in [0.2, 0.25) is 10.6 Å². The molecule has 0 bridgehead atoms. The molecule has 0 fully saturated rings. The van der Waals surface area contributed by atoms with Crippen molar-refractivity contribution in [3.05, 3.63) is 21.1 Å². The first-order valence-electron chi connectivity index (χ1n) is 7.50. The number of rotatable bonds is 11. The van der Waals surface area contributed by atoms with Crippen molar-refractivity contribution in [1.82, 2.24) is 24.8 Å². The molecule has 1 aromatic heterocycles. The van der Waals surface area contributed by atoms with Crippen LogP contribution in [-0.2, 0) is 19.2 Å². The van der Waals surface area contributed by atoms with E-state index in [-0.39, 0.29) is 54.6 Å². The van der Waals surface area contributed by atoms with E-state index >= 15 is 0 Å². The molecule has 1 rings (SSSR count). The fourth-order valence-corrected chi connectivity index (χ4v) is 2.18. The predicted octanol–water partition coefficient (Wildman–Crippen LogP) is -4.48. The summed E-state index contributed by atoms with van der Waals surface area (Å²) in [7, 11) is 0. The van der Waals surface area contributed by atoms with Crippen LogP contribution < -0.4 is 35.2 Å². The van der Waals surface area contributed by atoms with Gasteiger partial charge in [0, 0.05) is 13.1 Å². The van der Waals surface area contributed by atoms with Gasteiger partial charge in [0.1, 0.15) is 0 Å². The Hall–Kier alpha value is -1.81. The van der Waals surface area contributed by atoms with E-state index in [2.05, 4.69) is 15.0 Å². The summed E-state index contributed by atoms with van der Waals surface area (Å²) < 4.78 is 0. The van der Waals surface area contributed by atoms with Gasteiger partial charge in [-0.15, -0.1) is 0 Å². The number of aromatic amines is 1. The average molecular weight is 482 g/mol. The molecule has 0 amide bonds. The molecule has 30 heavy (non-hydrogen) atoms. The predicted molar refractivity (Wildman–Crippen MR) is 97.2 cm³/mol. The molecule has 164 valence electrons. The number of hydrogen-bond donors (Lipinski definition) is 5. The van der Waals surface area contributed by atoms with Gasteiger partial charge in [0.05, 0.1) is 26.2 Å². The molecule has 5 N–H and O–H groups in total. The molecule has 0 radical (unpaired) electrons. The number of carboxylic acids is 4. The summed E-state index contributed by atoms with van der Waals surface area (Å²) in [6.07, 6.45) is 0. The van der Waals surface area contributed by atoms with Crippen LogP contribution in [0.2, 0.25) is 10.6 Å². The van der Waals surface area contributed by atoms with Crippen LogP contribution >= 0.6 is 23.2 Å². The summed E-state index contributed by atoms with van der Waals surface area (Å²) >= 11 is 10.5. The third-order valence-electron chi connectivity index (χ3n) is 2.76. The maximum Gasteiger partial charge on any atom is 1.00 e. The maximum absolute atomic E-state index is 10.6. The van der Waals surface area contributed by atoms with Crippen molar-refractivity contribution in [1.29, 1.82) is 0 Å². The Morgan fingerprint density at radius 2 is 1.13 bits per heavy atom. The van der Waals surface area contributed by atoms with Crippen molar-refractivity contribution < 1.29 is 70.6 Å². The Balaban J connectivity index is -0.000000598. The minimum Gasteiger partial charge on any atom is -1.00 e. The zero-order valence-electron chi connectivity index (χ0n) is 16.6. The van der Waals surface area contributed by atoms with Crippen LogP contribution in [-0.4, -0.2) is 108 Å². The average Bonchev–Trinajstić information content (AvgIpc) is 2.49. The Kier molecular flexibility index (Phi) is 16.2. The molecule has 1 heterocycles. The maximum atomic E-state index is 10.6. The summed E-state index contributed by atoms with van der Waals surface area (Å²) in [5, 5.41) is 34.3. The van der Waals surface area contributed by atoms with Gasteiger partial charge < -0.3 is 21.9 Å². The molecule has 0 saturated carbocycles. The minimum atomic E-state index is -1.23. The number of aliphatic carboxylic acids is 4. The largest absolute Gasteiger partial charge is 1.00 e. The fourth-order valence-electron chi connectivity index (χ4n) is 1.81. The fraction of sp³-hybridized carbons (Fsp3) is 0.462. The summed E-state index contributed by atoms with van der Waals surface area (Å²) in [5.74, 6) is -4.91. The van der Waals surface area contributed by atoms with E-state index in [1.165, 1.54) is 0 Å². The van der Waals surface area contributed by atoms with Crippen LogP contribution in [0.4, 0.5) is 0 Å². The number of hydrogen-bond acceptors (Lipinski definition) is 9. The van der Waals surface area contributed by atoms with Gasteiger partial charge in [-0.3, -0.25) is 34.0 Å². The SMILES string of the molecule is O=C(O)CN(CCN(CC(=O)O)CC(=O)O)CC(=O)O.O=c1nc(Cl)nc(Cl)[nH]1.[H-].[Na+]. The van der Waals surface area contributed by atoms with Crippen LogP contribution in [0.25, 0.3) is 0 Å². The van der Waals surface area contributed by atoms with Gasteiger partial charge in [-0.25, -0.2) is 4.79 Å². The van der Waals surface area contributed by atoms with Crippen LogP contribution in [0.15, 0.2) is 4.79 Å². The van der Waals surface area contributed by atoms with E-state index in [1.807, 2.05) is 0 Å². The molecule has 17 heteroatoms. The number of nitrogens with one attached hydrogen (secondary N) is 1. The molecule has 0 aliphatic carbocycles. The third-order valence-corrected chi connectivity index (χ3v) is 3.11. The standard InChI is InChI=1S/C10H16N2O8.C3HCl2N3O.Na.H/c13-7(14)3-11(4-8(15)16)1-2-12(5-9(17)18)6-10(19)20;4-1-6-2(5)8-3(9)7-1;;/h1-6H2,(H,13,14)(H,15,16)(H,17,18)(H,19,20);(H,6,7,8,9);;/q;;+1;-1. The Morgan fingerprint density at radius 1 is 0.800 bits per heavy atom. The molecular formula is C13H18Cl2N5NaO9. The molecule has 0 saturated heterocycles. The monoisotopic (exact) mass is 481 g/mol. The van der Waals surface area contributed by atoms with E-state index in [0.29, 0.717) is 0 Å². The van der Waals surface area contributed by atoms with E-state index in [1.54, 1.807) is 0 Å². The van der Waals surface area contributed by atoms with Gasteiger partial charge in [0.15, 0.2) is 0 Å². The van der Waals surface area contributed by atoms with E-state index in [4.69, 9.17) is 43.6 Å². The second kappa shape index (κ2) is 16.0. The van der Waals surface area contributed by atoms with Crippen molar-refractivity contribution in [3.8, 4) is 0 Å². The van der Waals surface area contributed by atoms with Crippen molar-refractivity contribution in [2.24, 2.45) is 0 Å². The Labute approximate surface area is 202 Å². The van der Waals surface area contributed by atoms with Crippen molar-refractivity contribution in [2.75, 3.05) is 39.3 Å². The number of halogens is 2. The van der Waals surface area contributed by atoms with E-state index < -0.39 is 55.7 Å². The van der Waals surface area contributed by atoms with Crippen LogP contribution in [0.1, 0.15) is 1.43 Å². The van der Waals surface area contributed by atoms with Gasteiger partial charge in [-0.2, -0.15) is 9.97 Å². The molecule has 0 unspecified atom stereocenters. The number of H-pyrrole nitrogens is 1. The molecule has 14 nitrogen and oxygen atoms in total. The number of carboxylic acid groups (broad SMARTS) is 4. The first-order chi connectivity index (χ1) is 13.4. The van der Waals surface area contributed by atoms with Crippen LogP contribution in [0, 0.1) is 0 Å². The molecule has 0 aliphatic heterocycles. The Bertz CT molecular complexity index is 710. The normalized spacial score (nSPS) is 10.0.